The van der Waals surface area contributed by atoms with Crippen LogP contribution in [0, 0.1) is 0 Å². The molecule has 0 fully saturated rings. The Morgan fingerprint density at radius 2 is 2.06 bits per heavy atom. The van der Waals surface area contributed by atoms with Crippen LogP contribution in [0.1, 0.15) is 6.92 Å². The van der Waals surface area contributed by atoms with E-state index in [4.69, 9.17) is 10.5 Å². The Balaban J connectivity index is 2.56. The van der Waals surface area contributed by atoms with Crippen LogP contribution in [-0.4, -0.2) is 6.61 Å². The van der Waals surface area contributed by atoms with Crippen molar-refractivity contribution in [1.29, 1.82) is 0 Å². The van der Waals surface area contributed by atoms with Crippen molar-refractivity contribution in [1.82, 2.24) is 0 Å². The third kappa shape index (κ3) is 4.05. The number of hydrogen-bond acceptors (Lipinski definition) is 2. The van der Waals surface area contributed by atoms with E-state index >= 15 is 0 Å². The van der Waals surface area contributed by atoms with Gasteiger partial charge in [-0.25, -0.2) is 0 Å². The van der Waals surface area contributed by atoms with Crippen molar-refractivity contribution in [3.63, 3.8) is 0 Å². The summed E-state index contributed by atoms with van der Waals surface area (Å²) in [4.78, 5) is 0. The van der Waals surface area contributed by atoms with Crippen LogP contribution in [0.3, 0.4) is 0 Å². The average molecular weight is 215 g/mol. The summed E-state index contributed by atoms with van der Waals surface area (Å²) in [6.07, 6.45) is 7.69. The largest absolute Gasteiger partial charge is 0.489 e. The maximum atomic E-state index is 5.58. The van der Waals surface area contributed by atoms with Gasteiger partial charge in [0.15, 0.2) is 0 Å². The molecule has 2 N–H and O–H groups in total. The lowest BCUT2D eigenvalue weighted by Crippen LogP contribution is -1.99. The van der Waals surface area contributed by atoms with E-state index in [0.717, 1.165) is 17.0 Å². The van der Waals surface area contributed by atoms with Crippen molar-refractivity contribution in [2.45, 2.75) is 6.92 Å². The summed E-state index contributed by atoms with van der Waals surface area (Å²) < 4.78 is 5.58. The van der Waals surface area contributed by atoms with Gasteiger partial charge in [0.25, 0.3) is 0 Å². The molecule has 0 spiro atoms. The average Bonchev–Trinajstić information content (AvgIpc) is 2.32. The van der Waals surface area contributed by atoms with Gasteiger partial charge in [-0.3, -0.25) is 0 Å². The van der Waals surface area contributed by atoms with E-state index in [-0.39, 0.29) is 0 Å². The summed E-state index contributed by atoms with van der Waals surface area (Å²) in [6.45, 7) is 6.22. The van der Waals surface area contributed by atoms with Crippen LogP contribution in [0.2, 0.25) is 0 Å². The minimum Gasteiger partial charge on any atom is -0.489 e. The highest BCUT2D eigenvalue weighted by Crippen LogP contribution is 2.14. The molecule has 0 radical (unpaired) electrons. The van der Waals surface area contributed by atoms with E-state index in [9.17, 15) is 0 Å². The molecule has 1 aromatic carbocycles. The van der Waals surface area contributed by atoms with Gasteiger partial charge >= 0.3 is 0 Å². The molecule has 0 atom stereocenters. The first-order chi connectivity index (χ1) is 7.76. The predicted octanol–water partition coefficient (Wildman–Crippen LogP) is 3.34. The van der Waals surface area contributed by atoms with E-state index in [1.165, 1.54) is 0 Å². The van der Waals surface area contributed by atoms with Crippen LogP contribution < -0.4 is 10.5 Å². The number of benzene rings is 1. The highest BCUT2D eigenvalue weighted by molar-refractivity contribution is 5.41. The van der Waals surface area contributed by atoms with Gasteiger partial charge in [-0.15, -0.1) is 0 Å². The van der Waals surface area contributed by atoms with Gasteiger partial charge in [0.05, 0.1) is 0 Å². The molecular weight excluding hydrogens is 198 g/mol. The molecule has 0 saturated carbocycles. The number of rotatable bonds is 5. The molecule has 0 saturated heterocycles. The standard InChI is InChI=1S/C14H17NO/c1-3-5-6-12(4-2)11-16-14-9-7-13(15)8-10-14/h3-10H,2,11,15H2,1H3. The van der Waals surface area contributed by atoms with Crippen LogP contribution in [0.5, 0.6) is 5.75 Å². The molecule has 1 rings (SSSR count). The molecule has 0 amide bonds. The second kappa shape index (κ2) is 6.51. The van der Waals surface area contributed by atoms with Crippen molar-refractivity contribution < 1.29 is 4.74 Å². The van der Waals surface area contributed by atoms with Crippen LogP contribution in [-0.2, 0) is 0 Å². The Bertz CT molecular complexity index is 388. The van der Waals surface area contributed by atoms with E-state index in [1.54, 1.807) is 6.08 Å². The highest BCUT2D eigenvalue weighted by Gasteiger charge is 1.94. The van der Waals surface area contributed by atoms with Gasteiger partial charge in [0, 0.05) is 5.69 Å². The first kappa shape index (κ1) is 12.1. The van der Waals surface area contributed by atoms with Crippen LogP contribution in [0.4, 0.5) is 5.69 Å². The lowest BCUT2D eigenvalue weighted by Gasteiger charge is -2.06. The fourth-order valence-corrected chi connectivity index (χ4v) is 1.13. The number of ether oxygens (including phenoxy) is 1. The minimum atomic E-state index is 0.512. The zero-order valence-corrected chi connectivity index (χ0v) is 9.52. The van der Waals surface area contributed by atoms with Crippen LogP contribution in [0.15, 0.2) is 60.7 Å². The summed E-state index contributed by atoms with van der Waals surface area (Å²) in [5.41, 5.74) is 7.36. The number of allylic oxidation sites excluding steroid dienone is 3. The van der Waals surface area contributed by atoms with E-state index in [0.29, 0.717) is 6.61 Å². The van der Waals surface area contributed by atoms with Gasteiger partial charge in [0.2, 0.25) is 0 Å². The van der Waals surface area contributed by atoms with E-state index < -0.39 is 0 Å². The number of nitrogens with two attached hydrogens (primary N) is 1. The molecule has 0 aromatic heterocycles. The predicted molar refractivity (Wildman–Crippen MR) is 69.4 cm³/mol. The zero-order valence-electron chi connectivity index (χ0n) is 9.52. The zero-order chi connectivity index (χ0) is 11.8. The molecule has 84 valence electrons. The third-order valence-corrected chi connectivity index (χ3v) is 2.05. The summed E-state index contributed by atoms with van der Waals surface area (Å²) in [5.74, 6) is 0.808. The van der Waals surface area contributed by atoms with Gasteiger partial charge in [-0.1, -0.05) is 30.9 Å². The number of anilines is 1. The normalized spacial score (nSPS) is 11.7. The number of nitrogen functional groups attached to an aromatic ring is 1. The Labute approximate surface area is 96.7 Å². The Kier molecular flexibility index (Phi) is 4.93. The molecule has 2 heteroatoms. The first-order valence-corrected chi connectivity index (χ1v) is 5.19. The molecule has 0 aliphatic rings. The lowest BCUT2D eigenvalue weighted by atomic mass is 10.2. The maximum absolute atomic E-state index is 5.58. The van der Waals surface area contributed by atoms with Crippen LogP contribution >= 0.6 is 0 Å². The highest BCUT2D eigenvalue weighted by atomic mass is 16.5. The molecule has 0 aliphatic heterocycles. The van der Waals surface area contributed by atoms with Gasteiger partial charge in [0.1, 0.15) is 12.4 Å². The second-order valence-electron chi connectivity index (χ2n) is 3.33. The molecule has 2 nitrogen and oxygen atoms in total. The van der Waals surface area contributed by atoms with E-state index in [1.807, 2.05) is 49.4 Å². The molecule has 0 unspecified atom stereocenters. The van der Waals surface area contributed by atoms with E-state index in [2.05, 4.69) is 6.58 Å². The first-order valence-electron chi connectivity index (χ1n) is 5.19. The van der Waals surface area contributed by atoms with Gasteiger partial charge < -0.3 is 10.5 Å². The quantitative estimate of drug-likeness (QED) is 0.604. The summed E-state index contributed by atoms with van der Waals surface area (Å²) in [6, 6.07) is 7.34. The molecule has 0 bridgehead atoms. The lowest BCUT2D eigenvalue weighted by molar-refractivity contribution is 0.355. The van der Waals surface area contributed by atoms with Crippen LogP contribution in [0.25, 0.3) is 0 Å². The van der Waals surface area contributed by atoms with Gasteiger partial charge in [-0.2, -0.15) is 0 Å². The van der Waals surface area contributed by atoms with Crippen molar-refractivity contribution in [2.75, 3.05) is 12.3 Å². The molecular formula is C14H17NO. The molecule has 1 aromatic rings. The maximum Gasteiger partial charge on any atom is 0.119 e. The SMILES string of the molecule is C=CC(=CC=CC)COc1ccc(N)cc1. The van der Waals surface area contributed by atoms with Gasteiger partial charge in [-0.05, 0) is 36.8 Å². The summed E-state index contributed by atoms with van der Waals surface area (Å²) in [5, 5.41) is 0. The second-order valence-corrected chi connectivity index (χ2v) is 3.33. The topological polar surface area (TPSA) is 35.2 Å². The summed E-state index contributed by atoms with van der Waals surface area (Å²) in [7, 11) is 0. The Morgan fingerprint density at radius 1 is 1.38 bits per heavy atom. The van der Waals surface area contributed by atoms with Crippen molar-refractivity contribution in [2.24, 2.45) is 0 Å². The minimum absolute atomic E-state index is 0.512. The Morgan fingerprint density at radius 3 is 2.62 bits per heavy atom. The monoisotopic (exact) mass is 215 g/mol. The summed E-state index contributed by atoms with van der Waals surface area (Å²) >= 11 is 0. The van der Waals surface area contributed by atoms with Crippen molar-refractivity contribution in [3.8, 4) is 5.75 Å². The van der Waals surface area contributed by atoms with Crippen molar-refractivity contribution >= 4 is 5.69 Å². The molecule has 16 heavy (non-hydrogen) atoms. The smallest absolute Gasteiger partial charge is 0.119 e. The third-order valence-electron chi connectivity index (χ3n) is 2.05. The molecule has 0 heterocycles. The fraction of sp³-hybridized carbons (Fsp3) is 0.143. The number of hydrogen-bond donors (Lipinski definition) is 1. The fourth-order valence-electron chi connectivity index (χ4n) is 1.13. The Hall–Kier alpha value is -1.96. The van der Waals surface area contributed by atoms with Crippen molar-refractivity contribution in [3.05, 3.63) is 60.7 Å². The molecule has 0 aliphatic carbocycles.